The molecule has 0 bridgehead atoms. The van der Waals surface area contributed by atoms with Gasteiger partial charge in [-0.2, -0.15) is 0 Å². The standard InChI is InChI=1S/C18H26N4O2/c1-11-8-16(14(4)22(11)17-9-12(2)24-20-17)18(23)21-7-5-6-15(10-21)13(3)19/h8-9,13,15H,5-7,10,19H2,1-4H3/t13-,15+/m0/s1. The number of aromatic nitrogens is 2. The van der Waals surface area contributed by atoms with Gasteiger partial charge in [0, 0.05) is 36.6 Å². The van der Waals surface area contributed by atoms with E-state index in [-0.39, 0.29) is 11.9 Å². The SMILES string of the molecule is Cc1cc(-n2c(C)cc(C(=O)N3CCC[C@@H]([C@H](C)N)C3)c2C)no1. The first-order valence-corrected chi connectivity index (χ1v) is 8.56. The number of nitrogens with two attached hydrogens (primary N) is 1. The van der Waals surface area contributed by atoms with Crippen LogP contribution in [0.1, 0.15) is 47.3 Å². The first kappa shape index (κ1) is 16.8. The zero-order chi connectivity index (χ0) is 17.4. The van der Waals surface area contributed by atoms with Crippen LogP contribution in [0.25, 0.3) is 5.82 Å². The molecule has 2 atom stereocenters. The minimum atomic E-state index is 0.0833. The van der Waals surface area contributed by atoms with E-state index < -0.39 is 0 Å². The zero-order valence-electron chi connectivity index (χ0n) is 14.9. The van der Waals surface area contributed by atoms with Gasteiger partial charge in [-0.25, -0.2) is 0 Å². The Morgan fingerprint density at radius 3 is 2.75 bits per heavy atom. The number of hydrogen-bond acceptors (Lipinski definition) is 4. The van der Waals surface area contributed by atoms with Crippen molar-refractivity contribution in [3.05, 3.63) is 34.8 Å². The molecule has 0 spiro atoms. The third kappa shape index (κ3) is 2.98. The molecular formula is C18H26N4O2. The molecule has 6 heteroatoms. The summed E-state index contributed by atoms with van der Waals surface area (Å²) < 4.78 is 7.14. The highest BCUT2D eigenvalue weighted by Crippen LogP contribution is 2.25. The smallest absolute Gasteiger partial charge is 0.255 e. The Morgan fingerprint density at radius 2 is 2.12 bits per heavy atom. The molecule has 1 aliphatic rings. The number of nitrogens with zero attached hydrogens (tertiary/aromatic N) is 3. The summed E-state index contributed by atoms with van der Waals surface area (Å²) in [5.74, 6) is 1.93. The van der Waals surface area contributed by atoms with E-state index in [0.717, 1.165) is 48.6 Å². The van der Waals surface area contributed by atoms with Crippen molar-refractivity contribution in [1.82, 2.24) is 14.6 Å². The van der Waals surface area contributed by atoms with Crippen LogP contribution in [0.2, 0.25) is 0 Å². The van der Waals surface area contributed by atoms with Gasteiger partial charge in [0.2, 0.25) is 0 Å². The summed E-state index contributed by atoms with van der Waals surface area (Å²) in [6, 6.07) is 3.93. The highest BCUT2D eigenvalue weighted by molar-refractivity contribution is 5.96. The van der Waals surface area contributed by atoms with Crippen molar-refractivity contribution in [3.8, 4) is 5.82 Å². The fraction of sp³-hybridized carbons (Fsp3) is 0.556. The van der Waals surface area contributed by atoms with Gasteiger partial charge in [-0.15, -0.1) is 0 Å². The Kier molecular flexibility index (Phi) is 4.49. The number of carbonyl (C=O) groups excluding carboxylic acids is 1. The molecule has 6 nitrogen and oxygen atoms in total. The summed E-state index contributed by atoms with van der Waals surface area (Å²) in [7, 11) is 0. The van der Waals surface area contributed by atoms with Crippen LogP contribution in [0.3, 0.4) is 0 Å². The maximum atomic E-state index is 13.0. The lowest BCUT2D eigenvalue weighted by Gasteiger charge is -2.34. The number of piperidine rings is 1. The summed E-state index contributed by atoms with van der Waals surface area (Å²) in [5, 5.41) is 4.07. The Hall–Kier alpha value is -2.08. The van der Waals surface area contributed by atoms with Crippen LogP contribution in [-0.2, 0) is 0 Å². The van der Waals surface area contributed by atoms with Gasteiger partial charge >= 0.3 is 0 Å². The van der Waals surface area contributed by atoms with Crippen LogP contribution in [0.5, 0.6) is 0 Å². The van der Waals surface area contributed by atoms with Crippen molar-refractivity contribution in [1.29, 1.82) is 0 Å². The van der Waals surface area contributed by atoms with Gasteiger partial charge in [0.25, 0.3) is 5.91 Å². The van der Waals surface area contributed by atoms with E-state index >= 15 is 0 Å². The summed E-state index contributed by atoms with van der Waals surface area (Å²) in [6.07, 6.45) is 2.11. The van der Waals surface area contributed by atoms with Gasteiger partial charge < -0.3 is 15.2 Å². The summed E-state index contributed by atoms with van der Waals surface area (Å²) >= 11 is 0. The minimum absolute atomic E-state index is 0.0833. The Balaban J connectivity index is 1.88. The Bertz CT molecular complexity index is 744. The maximum Gasteiger partial charge on any atom is 0.255 e. The molecule has 0 unspecified atom stereocenters. The molecule has 0 aliphatic carbocycles. The third-order valence-corrected chi connectivity index (χ3v) is 4.99. The summed E-state index contributed by atoms with van der Waals surface area (Å²) in [6.45, 7) is 9.36. The molecule has 3 heterocycles. The van der Waals surface area contributed by atoms with Crippen LogP contribution in [-0.4, -0.2) is 39.7 Å². The van der Waals surface area contributed by atoms with Gasteiger partial charge in [-0.1, -0.05) is 5.16 Å². The second-order valence-electron chi connectivity index (χ2n) is 6.93. The Morgan fingerprint density at radius 1 is 1.38 bits per heavy atom. The fourth-order valence-corrected chi connectivity index (χ4v) is 3.58. The lowest BCUT2D eigenvalue weighted by molar-refractivity contribution is 0.0660. The number of amides is 1. The predicted molar refractivity (Wildman–Crippen MR) is 92.3 cm³/mol. The van der Waals surface area contributed by atoms with Gasteiger partial charge in [0.05, 0.1) is 5.56 Å². The number of likely N-dealkylation sites (tertiary alicyclic amines) is 1. The van der Waals surface area contributed by atoms with Crippen molar-refractivity contribution in [2.45, 2.75) is 46.6 Å². The predicted octanol–water partition coefficient (Wildman–Crippen LogP) is 2.59. The lowest BCUT2D eigenvalue weighted by atomic mass is 9.92. The highest BCUT2D eigenvalue weighted by atomic mass is 16.5. The van der Waals surface area contributed by atoms with Crippen molar-refractivity contribution in [3.63, 3.8) is 0 Å². The number of aryl methyl sites for hydroxylation is 2. The molecule has 1 fully saturated rings. The second kappa shape index (κ2) is 6.43. The molecule has 24 heavy (non-hydrogen) atoms. The lowest BCUT2D eigenvalue weighted by Crippen LogP contribution is -2.45. The second-order valence-corrected chi connectivity index (χ2v) is 6.93. The molecule has 1 saturated heterocycles. The van der Waals surface area contributed by atoms with E-state index in [0.29, 0.717) is 11.7 Å². The van der Waals surface area contributed by atoms with E-state index in [4.69, 9.17) is 10.3 Å². The average molecular weight is 330 g/mol. The molecule has 2 aromatic heterocycles. The van der Waals surface area contributed by atoms with E-state index in [2.05, 4.69) is 5.16 Å². The van der Waals surface area contributed by atoms with Crippen molar-refractivity contribution < 1.29 is 9.32 Å². The normalized spacial score (nSPS) is 19.5. The average Bonchev–Trinajstić information content (AvgIpc) is 3.09. The first-order valence-electron chi connectivity index (χ1n) is 8.56. The van der Waals surface area contributed by atoms with Gasteiger partial charge in [-0.3, -0.25) is 9.36 Å². The molecule has 1 amide bonds. The third-order valence-electron chi connectivity index (χ3n) is 4.99. The molecule has 1 aliphatic heterocycles. The number of rotatable bonds is 3. The van der Waals surface area contributed by atoms with E-state index in [9.17, 15) is 4.79 Å². The van der Waals surface area contributed by atoms with Crippen LogP contribution in [0, 0.1) is 26.7 Å². The fourth-order valence-electron chi connectivity index (χ4n) is 3.58. The minimum Gasteiger partial charge on any atom is -0.360 e. The van der Waals surface area contributed by atoms with Gasteiger partial charge in [0.15, 0.2) is 5.82 Å². The van der Waals surface area contributed by atoms with E-state index in [1.807, 2.05) is 49.3 Å². The molecular weight excluding hydrogens is 304 g/mol. The molecule has 130 valence electrons. The molecule has 0 saturated carbocycles. The van der Waals surface area contributed by atoms with E-state index in [1.54, 1.807) is 0 Å². The van der Waals surface area contributed by atoms with Gasteiger partial charge in [0.1, 0.15) is 5.76 Å². The quantitative estimate of drug-likeness (QED) is 0.938. The van der Waals surface area contributed by atoms with E-state index in [1.165, 1.54) is 0 Å². The highest BCUT2D eigenvalue weighted by Gasteiger charge is 2.28. The van der Waals surface area contributed by atoms with Crippen molar-refractivity contribution in [2.24, 2.45) is 11.7 Å². The van der Waals surface area contributed by atoms with Crippen LogP contribution in [0.4, 0.5) is 0 Å². The van der Waals surface area contributed by atoms with Crippen molar-refractivity contribution in [2.75, 3.05) is 13.1 Å². The zero-order valence-corrected chi connectivity index (χ0v) is 14.9. The Labute approximate surface area is 142 Å². The summed E-state index contributed by atoms with van der Waals surface area (Å²) in [5.41, 5.74) is 8.65. The molecule has 2 N–H and O–H groups in total. The number of carbonyl (C=O) groups is 1. The van der Waals surface area contributed by atoms with Crippen LogP contribution in [0.15, 0.2) is 16.7 Å². The molecule has 0 radical (unpaired) electrons. The van der Waals surface area contributed by atoms with Crippen molar-refractivity contribution >= 4 is 5.91 Å². The molecule has 2 aromatic rings. The monoisotopic (exact) mass is 330 g/mol. The van der Waals surface area contributed by atoms with Crippen LogP contribution < -0.4 is 5.73 Å². The van der Waals surface area contributed by atoms with Gasteiger partial charge in [-0.05, 0) is 52.5 Å². The molecule has 3 rings (SSSR count). The topological polar surface area (TPSA) is 77.3 Å². The molecule has 0 aromatic carbocycles. The maximum absolute atomic E-state index is 13.0. The number of hydrogen-bond donors (Lipinski definition) is 1. The summed E-state index contributed by atoms with van der Waals surface area (Å²) in [4.78, 5) is 15.0. The van der Waals surface area contributed by atoms with Crippen LogP contribution >= 0.6 is 0 Å². The largest absolute Gasteiger partial charge is 0.360 e. The first-order chi connectivity index (χ1) is 11.4.